The van der Waals surface area contributed by atoms with Gasteiger partial charge in [-0.2, -0.15) is 0 Å². The van der Waals surface area contributed by atoms with Crippen LogP contribution in [0.5, 0.6) is 17.2 Å². The van der Waals surface area contributed by atoms with Crippen molar-refractivity contribution in [2.75, 3.05) is 20.3 Å². The van der Waals surface area contributed by atoms with E-state index in [1.54, 1.807) is 7.11 Å². The summed E-state index contributed by atoms with van der Waals surface area (Å²) in [6.45, 7) is 4.07. The van der Waals surface area contributed by atoms with Gasteiger partial charge in [-0.05, 0) is 19.9 Å². The largest absolute Gasteiger partial charge is 0.507 e. The molecule has 0 amide bonds. The summed E-state index contributed by atoms with van der Waals surface area (Å²) >= 11 is 0. The lowest BCUT2D eigenvalue weighted by Gasteiger charge is -2.43. The monoisotopic (exact) mass is 611 g/mol. The van der Waals surface area contributed by atoms with E-state index in [2.05, 4.69) is 4.90 Å². The van der Waals surface area contributed by atoms with Gasteiger partial charge in [0.05, 0.1) is 35.5 Å². The molecule has 3 aliphatic heterocycles. The van der Waals surface area contributed by atoms with Gasteiger partial charge in [0.1, 0.15) is 29.0 Å². The van der Waals surface area contributed by atoms with Gasteiger partial charge in [-0.3, -0.25) is 19.3 Å². The van der Waals surface area contributed by atoms with Crippen LogP contribution in [0.4, 0.5) is 0 Å². The van der Waals surface area contributed by atoms with Crippen molar-refractivity contribution in [1.29, 1.82) is 0 Å². The molecule has 44 heavy (non-hydrogen) atoms. The van der Waals surface area contributed by atoms with Gasteiger partial charge in [-0.1, -0.05) is 12.1 Å². The van der Waals surface area contributed by atoms with Crippen molar-refractivity contribution in [1.82, 2.24) is 4.90 Å². The summed E-state index contributed by atoms with van der Waals surface area (Å²) in [7, 11) is 1.54. The summed E-state index contributed by atoms with van der Waals surface area (Å²) in [4.78, 5) is 42.0. The third-order valence-corrected chi connectivity index (χ3v) is 9.63. The lowest BCUT2D eigenvalue weighted by atomic mass is 9.72. The number of hydrogen-bond acceptors (Lipinski definition) is 13. The van der Waals surface area contributed by atoms with Gasteiger partial charge >= 0.3 is 0 Å². The number of ether oxygens (including phenoxy) is 5. The highest BCUT2D eigenvalue weighted by Gasteiger charge is 2.55. The second-order valence-electron chi connectivity index (χ2n) is 12.1. The quantitative estimate of drug-likeness (QED) is 0.311. The SMILES string of the molecule is CO[C@H]1OCCN2[C@@H]1O[C@@H]1[C@H](C)O[C@@H](O[C@H]3C[C@](O)(C(C)=O)Cc4c(O)c5c(c(O)c43)C(=O)c3c(O)cccc3C5=O)C[C@@H]12. The first kappa shape index (κ1) is 29.3. The zero-order chi connectivity index (χ0) is 31.2. The molecule has 234 valence electrons. The molecule has 13 nitrogen and oxygen atoms in total. The fourth-order valence-electron chi connectivity index (χ4n) is 7.44. The molecule has 3 heterocycles. The number of carbonyl (C=O) groups is 3. The minimum absolute atomic E-state index is 0.0306. The molecular formula is C31H33NO12. The lowest BCUT2D eigenvalue weighted by molar-refractivity contribution is -0.256. The van der Waals surface area contributed by atoms with E-state index < -0.39 is 88.8 Å². The molecule has 0 aromatic heterocycles. The molecule has 0 bridgehead atoms. The first-order chi connectivity index (χ1) is 20.9. The molecule has 3 saturated heterocycles. The Morgan fingerprint density at radius 1 is 1.07 bits per heavy atom. The van der Waals surface area contributed by atoms with E-state index in [-0.39, 0.29) is 40.8 Å². The minimum Gasteiger partial charge on any atom is -0.507 e. The molecular weight excluding hydrogens is 578 g/mol. The first-order valence-corrected chi connectivity index (χ1v) is 14.6. The molecule has 0 unspecified atom stereocenters. The van der Waals surface area contributed by atoms with Crippen LogP contribution in [0.15, 0.2) is 18.2 Å². The van der Waals surface area contributed by atoms with Gasteiger partial charge in [-0.15, -0.1) is 0 Å². The maximum Gasteiger partial charge on any atom is 0.202 e. The molecule has 0 saturated carbocycles. The summed E-state index contributed by atoms with van der Waals surface area (Å²) in [6.07, 6.45) is -4.31. The Morgan fingerprint density at radius 2 is 1.82 bits per heavy atom. The van der Waals surface area contributed by atoms with E-state index in [9.17, 15) is 34.8 Å². The van der Waals surface area contributed by atoms with Gasteiger partial charge in [0.25, 0.3) is 0 Å². The van der Waals surface area contributed by atoms with E-state index in [0.717, 1.165) is 0 Å². The fraction of sp³-hybridized carbons (Fsp3) is 0.516. The number of benzene rings is 2. The average molecular weight is 612 g/mol. The predicted octanol–water partition coefficient (Wildman–Crippen LogP) is 1.44. The Labute approximate surface area is 251 Å². The summed E-state index contributed by atoms with van der Waals surface area (Å²) in [5.41, 5.74) is -3.49. The number of Topliss-reactive ketones (excluding diaryl/α,β-unsaturated/α-hetero) is 1. The number of aromatic hydroxyl groups is 3. The van der Waals surface area contributed by atoms with Crippen molar-refractivity contribution in [3.63, 3.8) is 0 Å². The number of phenols is 3. The Morgan fingerprint density at radius 3 is 2.55 bits per heavy atom. The number of morpholine rings is 1. The van der Waals surface area contributed by atoms with Crippen LogP contribution >= 0.6 is 0 Å². The van der Waals surface area contributed by atoms with Crippen molar-refractivity contribution < 1.29 is 58.5 Å². The first-order valence-electron chi connectivity index (χ1n) is 14.6. The number of methoxy groups -OCH3 is 1. The molecule has 0 spiro atoms. The topological polar surface area (TPSA) is 182 Å². The second kappa shape index (κ2) is 10.3. The van der Waals surface area contributed by atoms with Crippen molar-refractivity contribution >= 4 is 17.3 Å². The van der Waals surface area contributed by atoms with Crippen LogP contribution in [0.25, 0.3) is 0 Å². The van der Waals surface area contributed by atoms with E-state index in [1.165, 1.54) is 25.1 Å². The lowest BCUT2D eigenvalue weighted by Crippen LogP contribution is -2.55. The minimum atomic E-state index is -2.01. The molecule has 13 heteroatoms. The summed E-state index contributed by atoms with van der Waals surface area (Å²) in [5.74, 6) is -3.96. The zero-order valence-corrected chi connectivity index (χ0v) is 24.3. The molecule has 2 aromatic carbocycles. The van der Waals surface area contributed by atoms with E-state index in [0.29, 0.717) is 19.6 Å². The normalized spacial score (nSPS) is 34.5. The van der Waals surface area contributed by atoms with Crippen LogP contribution in [-0.4, -0.2) is 106 Å². The predicted molar refractivity (Wildman–Crippen MR) is 147 cm³/mol. The van der Waals surface area contributed by atoms with Crippen molar-refractivity contribution in [3.05, 3.63) is 51.6 Å². The van der Waals surface area contributed by atoms with Gasteiger partial charge in [0.2, 0.25) is 5.78 Å². The molecule has 2 aliphatic carbocycles. The number of hydrogen-bond donors (Lipinski definition) is 4. The molecule has 3 fully saturated rings. The van der Waals surface area contributed by atoms with Crippen LogP contribution in [0, 0.1) is 0 Å². The highest BCUT2D eigenvalue weighted by atomic mass is 16.7. The summed E-state index contributed by atoms with van der Waals surface area (Å²) in [6, 6.07) is 3.83. The number of aliphatic hydroxyl groups is 1. The maximum absolute atomic E-state index is 13.6. The second-order valence-corrected chi connectivity index (χ2v) is 12.1. The Kier molecular flexibility index (Phi) is 6.86. The van der Waals surface area contributed by atoms with E-state index in [1.807, 2.05) is 6.92 Å². The number of carbonyl (C=O) groups excluding carboxylic acids is 3. The Bertz CT molecular complexity index is 1590. The van der Waals surface area contributed by atoms with Gasteiger partial charge in [0.15, 0.2) is 30.4 Å². The van der Waals surface area contributed by atoms with Crippen LogP contribution in [0.2, 0.25) is 0 Å². The Hall–Kier alpha value is -3.43. The third-order valence-electron chi connectivity index (χ3n) is 9.63. The van der Waals surface area contributed by atoms with Crippen LogP contribution < -0.4 is 0 Å². The van der Waals surface area contributed by atoms with Gasteiger partial charge in [-0.25, -0.2) is 0 Å². The molecule has 5 aliphatic rings. The van der Waals surface area contributed by atoms with Crippen molar-refractivity contribution in [3.8, 4) is 17.2 Å². The molecule has 0 radical (unpaired) electrons. The smallest absolute Gasteiger partial charge is 0.202 e. The van der Waals surface area contributed by atoms with Gasteiger partial charge < -0.3 is 44.1 Å². The molecule has 8 atom stereocenters. The maximum atomic E-state index is 13.6. The van der Waals surface area contributed by atoms with Crippen molar-refractivity contribution in [2.24, 2.45) is 0 Å². The number of ketones is 3. The van der Waals surface area contributed by atoms with Crippen LogP contribution in [-0.2, 0) is 34.9 Å². The number of rotatable bonds is 4. The third kappa shape index (κ3) is 4.15. The molecule has 7 rings (SSSR count). The standard InChI is InChI=1S/C31H33NO12/c1-12-28-16(32-7-8-41-30(40-3)29(32)44-28)9-19(42-12)43-18-11-31(39,13(2)33)10-15-21(18)27(38)23-22(25(15)36)24(35)14-5-4-6-17(34)20(14)26(23)37/h4-6,12,16,18-19,28-30,34,36,38-39H,7-11H2,1-3H3/t12-,16-,18-,19-,28+,29+,30-,31-/m0/s1. The fourth-order valence-corrected chi connectivity index (χ4v) is 7.44. The van der Waals surface area contributed by atoms with E-state index >= 15 is 0 Å². The number of fused-ring (bicyclic) bond motifs is 6. The Balaban J connectivity index is 1.29. The molecule has 4 N–H and O–H groups in total. The van der Waals surface area contributed by atoms with Crippen molar-refractivity contribution in [2.45, 2.75) is 81.9 Å². The summed E-state index contributed by atoms with van der Waals surface area (Å²) in [5, 5.41) is 44.9. The zero-order valence-electron chi connectivity index (χ0n) is 24.3. The van der Waals surface area contributed by atoms with Crippen LogP contribution in [0.1, 0.15) is 75.8 Å². The summed E-state index contributed by atoms with van der Waals surface area (Å²) < 4.78 is 30.0. The highest BCUT2D eigenvalue weighted by Crippen LogP contribution is 2.53. The average Bonchev–Trinajstić information content (AvgIpc) is 3.37. The number of phenolic OH excluding ortho intramolecular Hbond substituents is 3. The van der Waals surface area contributed by atoms with Crippen LogP contribution in [0.3, 0.4) is 0 Å². The highest BCUT2D eigenvalue weighted by molar-refractivity contribution is 6.31. The number of nitrogens with zero attached hydrogens (tertiary/aromatic N) is 1. The van der Waals surface area contributed by atoms with Gasteiger partial charge in [0, 0.05) is 55.6 Å². The molecule has 2 aromatic rings. The van der Waals surface area contributed by atoms with E-state index in [4.69, 9.17) is 23.7 Å².